The van der Waals surface area contributed by atoms with Gasteiger partial charge in [-0.05, 0) is 36.5 Å². The molecule has 5 nitrogen and oxygen atoms in total. The highest BCUT2D eigenvalue weighted by Crippen LogP contribution is 2.32. The largest absolute Gasteiger partial charge is 0.300 e. The van der Waals surface area contributed by atoms with E-state index < -0.39 is 0 Å². The van der Waals surface area contributed by atoms with Crippen molar-refractivity contribution in [3.05, 3.63) is 58.0 Å². The lowest BCUT2D eigenvalue weighted by molar-refractivity contribution is 0.0994. The van der Waals surface area contributed by atoms with Gasteiger partial charge in [-0.2, -0.15) is 5.10 Å². The van der Waals surface area contributed by atoms with Gasteiger partial charge in [-0.3, -0.25) is 9.59 Å². The first-order valence-corrected chi connectivity index (χ1v) is 8.83. The molecule has 3 rings (SSSR count). The Bertz CT molecular complexity index is 816. The van der Waals surface area contributed by atoms with Crippen molar-refractivity contribution in [3.8, 4) is 5.69 Å². The normalized spacial score (nSPS) is 15.6. The van der Waals surface area contributed by atoms with Gasteiger partial charge in [0.05, 0.1) is 5.69 Å². The first-order valence-electron chi connectivity index (χ1n) is 8.83. The van der Waals surface area contributed by atoms with Crippen molar-refractivity contribution in [2.45, 2.75) is 44.4 Å². The maximum absolute atomic E-state index is 12.1. The zero-order chi connectivity index (χ0) is 17.6. The molecule has 0 atom stereocenters. The van der Waals surface area contributed by atoms with Gasteiger partial charge in [0.1, 0.15) is 0 Å². The third-order valence-corrected chi connectivity index (χ3v) is 4.77. The van der Waals surface area contributed by atoms with E-state index >= 15 is 0 Å². The zero-order valence-electron chi connectivity index (χ0n) is 14.5. The van der Waals surface area contributed by atoms with Crippen LogP contribution in [-0.2, 0) is 0 Å². The number of rotatable bonds is 5. The lowest BCUT2D eigenvalue weighted by atomic mass is 9.84. The number of hydrogen-bond acceptors (Lipinski definition) is 4. The Labute approximate surface area is 147 Å². The van der Waals surface area contributed by atoms with Crippen LogP contribution < -0.4 is 5.43 Å². The first-order chi connectivity index (χ1) is 12.2. The highest BCUT2D eigenvalue weighted by molar-refractivity contribution is 6.02. The minimum absolute atomic E-state index is 0.0428. The summed E-state index contributed by atoms with van der Waals surface area (Å²) in [5, 5.41) is 4.23. The first kappa shape index (κ1) is 17.3. The summed E-state index contributed by atoms with van der Waals surface area (Å²) in [4.78, 5) is 27.8. The van der Waals surface area contributed by atoms with E-state index in [1.54, 1.807) is 17.9 Å². The van der Waals surface area contributed by atoms with Gasteiger partial charge >= 0.3 is 0 Å². The van der Waals surface area contributed by atoms with Crippen LogP contribution in [0.4, 0.5) is 0 Å². The minimum Gasteiger partial charge on any atom is -0.300 e. The van der Waals surface area contributed by atoms with Gasteiger partial charge < -0.3 is 4.99 Å². The zero-order valence-corrected chi connectivity index (χ0v) is 14.5. The van der Waals surface area contributed by atoms with Crippen molar-refractivity contribution in [2.75, 3.05) is 7.05 Å². The number of nitrogens with zero attached hydrogens (tertiary/aromatic N) is 3. The molecule has 0 spiro atoms. The van der Waals surface area contributed by atoms with E-state index in [-0.39, 0.29) is 23.3 Å². The van der Waals surface area contributed by atoms with Crippen LogP contribution in [0.3, 0.4) is 0 Å². The Morgan fingerprint density at radius 2 is 1.92 bits per heavy atom. The molecule has 0 unspecified atom stereocenters. The smallest absolute Gasteiger partial charge is 0.211 e. The SMILES string of the molecule is CN=CCC(=O)c1nn(-c2ccc(C3CCCCC3)cc2)ccc1=O. The van der Waals surface area contributed by atoms with E-state index in [2.05, 4.69) is 22.2 Å². The molecule has 1 aliphatic carbocycles. The van der Waals surface area contributed by atoms with Crippen molar-refractivity contribution in [1.82, 2.24) is 9.78 Å². The molecule has 1 aromatic carbocycles. The fourth-order valence-electron chi connectivity index (χ4n) is 3.35. The molecule has 1 heterocycles. The summed E-state index contributed by atoms with van der Waals surface area (Å²) in [6.45, 7) is 0. The van der Waals surface area contributed by atoms with Crippen LogP contribution in [0.2, 0.25) is 0 Å². The topological polar surface area (TPSA) is 64.3 Å². The second-order valence-electron chi connectivity index (χ2n) is 6.47. The van der Waals surface area contributed by atoms with E-state index in [4.69, 9.17) is 0 Å². The van der Waals surface area contributed by atoms with Crippen LogP contribution >= 0.6 is 0 Å². The van der Waals surface area contributed by atoms with E-state index in [9.17, 15) is 9.59 Å². The highest BCUT2D eigenvalue weighted by Gasteiger charge is 2.16. The van der Waals surface area contributed by atoms with Crippen molar-refractivity contribution >= 4 is 12.0 Å². The Morgan fingerprint density at radius 1 is 1.20 bits per heavy atom. The van der Waals surface area contributed by atoms with Gasteiger partial charge in [-0.15, -0.1) is 0 Å². The van der Waals surface area contributed by atoms with Crippen LogP contribution in [-0.4, -0.2) is 28.8 Å². The molecule has 0 saturated heterocycles. The molecule has 1 aliphatic rings. The molecule has 25 heavy (non-hydrogen) atoms. The molecule has 1 aromatic heterocycles. The number of hydrogen-bond donors (Lipinski definition) is 0. The molecule has 0 bridgehead atoms. The number of aliphatic imine (C=N–C) groups is 1. The summed E-state index contributed by atoms with van der Waals surface area (Å²) in [6.07, 6.45) is 9.64. The van der Waals surface area contributed by atoms with Gasteiger partial charge in [0.15, 0.2) is 11.5 Å². The Morgan fingerprint density at radius 3 is 2.60 bits per heavy atom. The summed E-state index contributed by atoms with van der Waals surface area (Å²) >= 11 is 0. The van der Waals surface area contributed by atoms with E-state index in [0.717, 1.165) is 5.69 Å². The van der Waals surface area contributed by atoms with Crippen molar-refractivity contribution in [2.24, 2.45) is 4.99 Å². The number of carbonyl (C=O) groups is 1. The van der Waals surface area contributed by atoms with Gasteiger partial charge in [-0.25, -0.2) is 4.68 Å². The number of Topliss-reactive ketones (excluding diaryl/α,β-unsaturated/α-hetero) is 1. The van der Waals surface area contributed by atoms with Crippen molar-refractivity contribution < 1.29 is 4.79 Å². The fraction of sp³-hybridized carbons (Fsp3) is 0.400. The molecule has 0 amide bonds. The highest BCUT2D eigenvalue weighted by atomic mass is 16.1. The molecule has 2 aromatic rings. The van der Waals surface area contributed by atoms with Crippen LogP contribution in [0.25, 0.3) is 5.69 Å². The molecule has 1 saturated carbocycles. The van der Waals surface area contributed by atoms with Crippen LogP contribution in [0.15, 0.2) is 46.3 Å². The lowest BCUT2D eigenvalue weighted by Crippen LogP contribution is -2.20. The van der Waals surface area contributed by atoms with E-state index in [1.165, 1.54) is 49.9 Å². The van der Waals surface area contributed by atoms with Gasteiger partial charge in [0.25, 0.3) is 0 Å². The number of carbonyl (C=O) groups excluding carboxylic acids is 1. The molecular formula is C20H23N3O2. The van der Waals surface area contributed by atoms with Crippen molar-refractivity contribution in [1.29, 1.82) is 0 Å². The van der Waals surface area contributed by atoms with Gasteiger partial charge in [0, 0.05) is 31.9 Å². The van der Waals surface area contributed by atoms with Crippen LogP contribution in [0.5, 0.6) is 0 Å². The molecule has 5 heteroatoms. The quantitative estimate of drug-likeness (QED) is 0.619. The van der Waals surface area contributed by atoms with Gasteiger partial charge in [-0.1, -0.05) is 31.4 Å². The predicted molar refractivity (Wildman–Crippen MR) is 99.0 cm³/mol. The van der Waals surface area contributed by atoms with Crippen molar-refractivity contribution in [3.63, 3.8) is 0 Å². The predicted octanol–water partition coefficient (Wildman–Crippen LogP) is 3.55. The summed E-state index contributed by atoms with van der Waals surface area (Å²) < 4.78 is 1.59. The average molecular weight is 337 g/mol. The van der Waals surface area contributed by atoms with Crippen LogP contribution in [0.1, 0.15) is 60.5 Å². The maximum Gasteiger partial charge on any atom is 0.211 e. The maximum atomic E-state index is 12.1. The summed E-state index contributed by atoms with van der Waals surface area (Å²) in [7, 11) is 1.60. The molecule has 0 N–H and O–H groups in total. The molecule has 1 fully saturated rings. The Hall–Kier alpha value is -2.56. The second kappa shape index (κ2) is 8.01. The minimum atomic E-state index is -0.357. The molecule has 130 valence electrons. The summed E-state index contributed by atoms with van der Waals surface area (Å²) in [5.41, 5.74) is 1.81. The third-order valence-electron chi connectivity index (χ3n) is 4.77. The summed E-state index contributed by atoms with van der Waals surface area (Å²) in [5.74, 6) is 0.332. The molecular weight excluding hydrogens is 314 g/mol. The second-order valence-corrected chi connectivity index (χ2v) is 6.47. The number of benzene rings is 1. The molecule has 0 aliphatic heterocycles. The number of aromatic nitrogens is 2. The Kier molecular flexibility index (Phi) is 5.53. The third kappa shape index (κ3) is 4.10. The van der Waals surface area contributed by atoms with Gasteiger partial charge in [0.2, 0.25) is 5.43 Å². The lowest BCUT2D eigenvalue weighted by Gasteiger charge is -2.22. The van der Waals surface area contributed by atoms with E-state index in [0.29, 0.717) is 5.92 Å². The standard InChI is InChI=1S/C20H23N3O2/c1-21-13-11-18(24)20-19(25)12-14-23(22-20)17-9-7-16(8-10-17)15-5-3-2-4-6-15/h7-10,12-15H,2-6,11H2,1H3. The average Bonchev–Trinajstić information content (AvgIpc) is 2.67. The van der Waals surface area contributed by atoms with E-state index in [1.807, 2.05) is 12.1 Å². The Balaban J connectivity index is 1.84. The fourth-order valence-corrected chi connectivity index (χ4v) is 3.35. The van der Waals surface area contributed by atoms with Crippen LogP contribution in [0, 0.1) is 0 Å². The molecule has 0 radical (unpaired) electrons. The monoisotopic (exact) mass is 337 g/mol. The summed E-state index contributed by atoms with van der Waals surface area (Å²) in [6, 6.07) is 9.66. The number of ketones is 1.